The van der Waals surface area contributed by atoms with Crippen molar-refractivity contribution in [3.8, 4) is 0 Å². The van der Waals surface area contributed by atoms with Gasteiger partial charge in [-0.05, 0) is 60.5 Å². The summed E-state index contributed by atoms with van der Waals surface area (Å²) in [6, 6.07) is 0. The Bertz CT molecular complexity index is 663. The van der Waals surface area contributed by atoms with E-state index in [4.69, 9.17) is 21.6 Å². The molecule has 2 unspecified atom stereocenters. The largest absolute Gasteiger partial charge is 0.364 e. The fourth-order valence-corrected chi connectivity index (χ4v) is 4.27. The molecule has 0 heterocycles. The van der Waals surface area contributed by atoms with E-state index in [0.29, 0.717) is 34.1 Å². The molecule has 1 aliphatic rings. The average molecular weight is 441 g/mol. The van der Waals surface area contributed by atoms with Crippen LogP contribution in [-0.2, 0) is 4.79 Å². The second-order valence-electron chi connectivity index (χ2n) is 9.85. The van der Waals surface area contributed by atoms with E-state index < -0.39 is 5.41 Å². The number of hydrogen-bond acceptors (Lipinski definition) is 7. The first-order valence-corrected chi connectivity index (χ1v) is 11.5. The number of nitrogens with one attached hydrogen (secondary N) is 6. The van der Waals surface area contributed by atoms with Crippen LogP contribution in [0.3, 0.4) is 0 Å². The van der Waals surface area contributed by atoms with Crippen LogP contribution < -0.4 is 10.6 Å². The summed E-state index contributed by atoms with van der Waals surface area (Å²) in [7, 11) is 0. The highest BCUT2D eigenvalue weighted by Gasteiger charge is 2.30. The summed E-state index contributed by atoms with van der Waals surface area (Å²) < 4.78 is 0. The Hall–Kier alpha value is -1.35. The topological polar surface area (TPSA) is 137 Å². The zero-order chi connectivity index (χ0) is 22.4. The lowest BCUT2D eigenvalue weighted by Crippen LogP contribution is -2.37. The number of thioether (sulfide) groups is 2. The van der Waals surface area contributed by atoms with Crippen molar-refractivity contribution in [1.82, 2.24) is 10.6 Å². The lowest BCUT2D eigenvalue weighted by molar-refractivity contribution is -0.126. The average Bonchev–Trinajstić information content (AvgIpc) is 2.99. The van der Waals surface area contributed by atoms with Crippen LogP contribution in [0.4, 0.5) is 0 Å². The van der Waals surface area contributed by atoms with Crippen LogP contribution in [0, 0.1) is 44.3 Å². The van der Waals surface area contributed by atoms with E-state index in [1.165, 1.54) is 11.8 Å². The van der Waals surface area contributed by atoms with Gasteiger partial charge in [-0.2, -0.15) is 0 Å². The fourth-order valence-electron chi connectivity index (χ4n) is 2.82. The first-order chi connectivity index (χ1) is 13.2. The summed E-state index contributed by atoms with van der Waals surface area (Å²) in [5.41, 5.74) is -0.479. The van der Waals surface area contributed by atoms with Gasteiger partial charge in [0.15, 0.2) is 10.3 Å². The van der Waals surface area contributed by atoms with E-state index in [0.717, 1.165) is 31.0 Å². The zero-order valence-corrected chi connectivity index (χ0v) is 20.0. The molecule has 0 bridgehead atoms. The van der Waals surface area contributed by atoms with Gasteiger partial charge in [0.2, 0.25) is 5.91 Å². The summed E-state index contributed by atoms with van der Waals surface area (Å²) in [6.45, 7) is 12.4. The number of carbonyl (C=O) groups excluding carboxylic acids is 1. The minimum Gasteiger partial charge on any atom is -0.364 e. The molecule has 1 rings (SSSR count). The van der Waals surface area contributed by atoms with Crippen LogP contribution >= 0.6 is 23.5 Å². The molecule has 29 heavy (non-hydrogen) atoms. The first-order valence-electron chi connectivity index (χ1n) is 9.91. The summed E-state index contributed by atoms with van der Waals surface area (Å²) in [5.74, 6) is 0.222. The number of hydrogen-bond donors (Lipinski definition) is 6. The summed E-state index contributed by atoms with van der Waals surface area (Å²) >= 11 is 2.18. The predicted octanol–water partition coefficient (Wildman–Crippen LogP) is 4.88. The van der Waals surface area contributed by atoms with Crippen molar-refractivity contribution < 1.29 is 4.79 Å². The molecule has 0 aromatic carbocycles. The predicted molar refractivity (Wildman–Crippen MR) is 127 cm³/mol. The Morgan fingerprint density at radius 3 is 2.14 bits per heavy atom. The molecule has 0 aromatic heterocycles. The number of rotatable bonds is 4. The second-order valence-corrected chi connectivity index (χ2v) is 12.0. The van der Waals surface area contributed by atoms with Gasteiger partial charge < -0.3 is 10.6 Å². The smallest absolute Gasteiger partial charge is 0.231 e. The van der Waals surface area contributed by atoms with Crippen molar-refractivity contribution in [1.29, 1.82) is 21.6 Å². The van der Waals surface area contributed by atoms with Crippen molar-refractivity contribution in [3.63, 3.8) is 0 Å². The quantitative estimate of drug-likeness (QED) is 0.274. The minimum absolute atomic E-state index is 0.00820. The Labute approximate surface area is 183 Å². The lowest BCUT2D eigenvalue weighted by atomic mass is 9.96. The Kier molecular flexibility index (Phi) is 9.40. The van der Waals surface area contributed by atoms with E-state index in [2.05, 4.69) is 31.4 Å². The molecule has 1 aliphatic carbocycles. The number of carbonyl (C=O) groups is 1. The molecule has 1 saturated carbocycles. The maximum Gasteiger partial charge on any atom is 0.231 e. The van der Waals surface area contributed by atoms with Crippen LogP contribution in [0.1, 0.15) is 67.2 Å². The van der Waals surface area contributed by atoms with Gasteiger partial charge in [-0.3, -0.25) is 26.4 Å². The van der Waals surface area contributed by atoms with Gasteiger partial charge in [0.25, 0.3) is 0 Å². The highest BCUT2D eigenvalue weighted by molar-refractivity contribution is 8.26. The number of amides is 1. The van der Waals surface area contributed by atoms with Gasteiger partial charge in [-0.15, -0.1) is 0 Å². The lowest BCUT2D eigenvalue weighted by Gasteiger charge is -2.20. The van der Waals surface area contributed by atoms with Crippen molar-refractivity contribution >= 4 is 49.9 Å². The van der Waals surface area contributed by atoms with E-state index >= 15 is 0 Å². The van der Waals surface area contributed by atoms with Gasteiger partial charge in [0, 0.05) is 17.9 Å². The molecular weight excluding hydrogens is 404 g/mol. The maximum atomic E-state index is 11.9. The van der Waals surface area contributed by atoms with Crippen LogP contribution in [0.15, 0.2) is 0 Å². The minimum atomic E-state index is -0.568. The van der Waals surface area contributed by atoms with Gasteiger partial charge in [0.05, 0.1) is 10.1 Å². The molecule has 164 valence electrons. The number of amidine groups is 2. The van der Waals surface area contributed by atoms with Gasteiger partial charge >= 0.3 is 0 Å². The highest BCUT2D eigenvalue weighted by Crippen LogP contribution is 2.37. The Morgan fingerprint density at radius 1 is 0.966 bits per heavy atom. The summed E-state index contributed by atoms with van der Waals surface area (Å²) in [4.78, 5) is 11.9. The summed E-state index contributed by atoms with van der Waals surface area (Å²) in [6.07, 6.45) is 3.25. The standard InChI is InChI=1S/C20H36N6OS2/c1-19(2,3)11-25-17(23)29-15(22)13-8-7-12(9-13)10-14(21)28-18(24)26-16(27)20(4,5)6/h12-13,21-22H,7-11H2,1-6H3,(H2,23,25)(H2,24,26,27). The molecule has 1 fully saturated rings. The SMILES string of the molecule is CC(C)(C)CNC(=N)SC(=N)C1CCC(CC(=N)SC(=N)NC(=O)C(C)(C)C)C1. The molecule has 7 nitrogen and oxygen atoms in total. The van der Waals surface area contributed by atoms with E-state index in [-0.39, 0.29) is 22.4 Å². The molecule has 9 heteroatoms. The van der Waals surface area contributed by atoms with E-state index in [1.807, 2.05) is 0 Å². The third-order valence-corrected chi connectivity index (χ3v) is 6.13. The van der Waals surface area contributed by atoms with Gasteiger partial charge in [-0.1, -0.05) is 41.5 Å². The molecule has 0 radical (unpaired) electrons. The molecule has 2 atom stereocenters. The third kappa shape index (κ3) is 10.3. The van der Waals surface area contributed by atoms with E-state index in [9.17, 15) is 4.79 Å². The van der Waals surface area contributed by atoms with Crippen molar-refractivity contribution in [2.45, 2.75) is 67.2 Å². The molecule has 0 saturated heterocycles. The monoisotopic (exact) mass is 440 g/mol. The summed E-state index contributed by atoms with van der Waals surface area (Å²) in [5, 5.41) is 39.2. The van der Waals surface area contributed by atoms with Crippen molar-refractivity contribution in [2.24, 2.45) is 22.7 Å². The highest BCUT2D eigenvalue weighted by atomic mass is 32.2. The van der Waals surface area contributed by atoms with Gasteiger partial charge in [-0.25, -0.2) is 0 Å². The molecule has 0 aromatic rings. The van der Waals surface area contributed by atoms with Crippen molar-refractivity contribution in [2.75, 3.05) is 6.54 Å². The molecule has 6 N–H and O–H groups in total. The van der Waals surface area contributed by atoms with Crippen LogP contribution in [0.25, 0.3) is 0 Å². The molecule has 0 spiro atoms. The second kappa shape index (κ2) is 10.6. The van der Waals surface area contributed by atoms with Crippen LogP contribution in [0.2, 0.25) is 0 Å². The fraction of sp³-hybridized carbons (Fsp3) is 0.750. The van der Waals surface area contributed by atoms with Crippen LogP contribution in [0.5, 0.6) is 0 Å². The molecule has 1 amide bonds. The Morgan fingerprint density at radius 2 is 1.59 bits per heavy atom. The molecular formula is C20H36N6OS2. The Balaban J connectivity index is 2.38. The van der Waals surface area contributed by atoms with Gasteiger partial charge in [0.1, 0.15) is 0 Å². The van der Waals surface area contributed by atoms with Crippen molar-refractivity contribution in [3.05, 3.63) is 0 Å². The first kappa shape index (κ1) is 25.7. The zero-order valence-electron chi connectivity index (χ0n) is 18.4. The normalized spacial score (nSPS) is 19.5. The van der Waals surface area contributed by atoms with Crippen LogP contribution in [-0.4, -0.2) is 32.9 Å². The maximum absolute atomic E-state index is 11.9. The third-order valence-electron chi connectivity index (χ3n) is 4.51. The van der Waals surface area contributed by atoms with E-state index in [1.54, 1.807) is 20.8 Å². The molecule has 0 aliphatic heterocycles.